The predicted octanol–water partition coefficient (Wildman–Crippen LogP) is 3.86. The highest BCUT2D eigenvalue weighted by Crippen LogP contribution is 2.28. The second-order valence-corrected chi connectivity index (χ2v) is 5.87. The van der Waals surface area contributed by atoms with Gasteiger partial charge in [-0.2, -0.15) is 0 Å². The SMILES string of the molecule is Cc1cc(C(=O)Nc2ccccc2-c2cn3cccc(C)c3n2)no1. The normalized spacial score (nSPS) is 11.0. The largest absolute Gasteiger partial charge is 0.361 e. The molecule has 0 atom stereocenters. The number of pyridine rings is 1. The molecule has 0 aliphatic carbocycles. The molecule has 0 bridgehead atoms. The molecule has 124 valence electrons. The zero-order chi connectivity index (χ0) is 17.4. The number of hydrogen-bond acceptors (Lipinski definition) is 4. The number of carbonyl (C=O) groups is 1. The van der Waals surface area contributed by atoms with E-state index in [0.29, 0.717) is 11.4 Å². The fraction of sp³-hybridized carbons (Fsp3) is 0.105. The van der Waals surface area contributed by atoms with Gasteiger partial charge in [0.1, 0.15) is 11.4 Å². The van der Waals surface area contributed by atoms with E-state index >= 15 is 0 Å². The fourth-order valence-electron chi connectivity index (χ4n) is 2.76. The minimum atomic E-state index is -0.316. The molecule has 0 aliphatic rings. The molecule has 0 spiro atoms. The lowest BCUT2D eigenvalue weighted by atomic mass is 10.1. The lowest BCUT2D eigenvalue weighted by Crippen LogP contribution is -2.12. The standard InChI is InChI=1S/C19H16N4O2/c1-12-6-5-9-23-11-17(20-18(12)23)14-7-3-4-8-15(14)21-19(24)16-10-13(2)25-22-16/h3-11H,1-2H3,(H,21,24). The van der Waals surface area contributed by atoms with Crippen LogP contribution < -0.4 is 5.32 Å². The highest BCUT2D eigenvalue weighted by Gasteiger charge is 2.15. The van der Waals surface area contributed by atoms with Crippen LogP contribution in [0.15, 0.2) is 59.4 Å². The molecule has 1 aromatic carbocycles. The lowest BCUT2D eigenvalue weighted by Gasteiger charge is -2.07. The summed E-state index contributed by atoms with van der Waals surface area (Å²) in [5.41, 5.74) is 4.55. The van der Waals surface area contributed by atoms with Crippen molar-refractivity contribution in [3.8, 4) is 11.3 Å². The molecule has 4 aromatic rings. The molecule has 1 amide bonds. The van der Waals surface area contributed by atoms with Crippen molar-refractivity contribution in [1.82, 2.24) is 14.5 Å². The van der Waals surface area contributed by atoms with E-state index in [0.717, 1.165) is 22.5 Å². The Kier molecular flexibility index (Phi) is 3.57. The number of nitrogens with zero attached hydrogens (tertiary/aromatic N) is 3. The van der Waals surface area contributed by atoms with Gasteiger partial charge in [-0.3, -0.25) is 4.79 Å². The van der Waals surface area contributed by atoms with Crippen LogP contribution in [0.5, 0.6) is 0 Å². The van der Waals surface area contributed by atoms with Crippen LogP contribution in [0.4, 0.5) is 5.69 Å². The lowest BCUT2D eigenvalue weighted by molar-refractivity contribution is 0.101. The van der Waals surface area contributed by atoms with E-state index in [4.69, 9.17) is 9.51 Å². The summed E-state index contributed by atoms with van der Waals surface area (Å²) in [7, 11) is 0. The van der Waals surface area contributed by atoms with E-state index < -0.39 is 0 Å². The van der Waals surface area contributed by atoms with Crippen molar-refractivity contribution in [2.75, 3.05) is 5.32 Å². The third-order valence-corrected chi connectivity index (χ3v) is 3.99. The van der Waals surface area contributed by atoms with Gasteiger partial charge in [0.2, 0.25) is 0 Å². The summed E-state index contributed by atoms with van der Waals surface area (Å²) < 4.78 is 6.94. The third kappa shape index (κ3) is 2.78. The van der Waals surface area contributed by atoms with Gasteiger partial charge in [-0.25, -0.2) is 4.98 Å². The summed E-state index contributed by atoms with van der Waals surface area (Å²) in [5.74, 6) is 0.276. The van der Waals surface area contributed by atoms with Crippen LogP contribution in [0.2, 0.25) is 0 Å². The molecule has 0 unspecified atom stereocenters. The number of fused-ring (bicyclic) bond motifs is 1. The number of aromatic nitrogens is 3. The highest BCUT2D eigenvalue weighted by atomic mass is 16.5. The number of amides is 1. The first-order valence-corrected chi connectivity index (χ1v) is 7.90. The van der Waals surface area contributed by atoms with Crippen LogP contribution >= 0.6 is 0 Å². The summed E-state index contributed by atoms with van der Waals surface area (Å²) in [6.07, 6.45) is 3.91. The number of benzene rings is 1. The number of aryl methyl sites for hydroxylation is 2. The van der Waals surface area contributed by atoms with E-state index in [-0.39, 0.29) is 11.6 Å². The topological polar surface area (TPSA) is 72.4 Å². The molecule has 25 heavy (non-hydrogen) atoms. The third-order valence-electron chi connectivity index (χ3n) is 3.99. The average molecular weight is 332 g/mol. The summed E-state index contributed by atoms with van der Waals surface area (Å²) in [6, 6.07) is 13.2. The minimum Gasteiger partial charge on any atom is -0.361 e. The van der Waals surface area contributed by atoms with Gasteiger partial charge in [0, 0.05) is 24.0 Å². The number of imidazole rings is 1. The van der Waals surface area contributed by atoms with Crippen LogP contribution in [0.25, 0.3) is 16.9 Å². The zero-order valence-corrected chi connectivity index (χ0v) is 13.9. The molecule has 0 fully saturated rings. The summed E-state index contributed by atoms with van der Waals surface area (Å²) >= 11 is 0. The smallest absolute Gasteiger partial charge is 0.277 e. The van der Waals surface area contributed by atoms with Gasteiger partial charge in [0.15, 0.2) is 5.69 Å². The molecule has 0 saturated heterocycles. The summed E-state index contributed by atoms with van der Waals surface area (Å²) in [5, 5.41) is 6.64. The predicted molar refractivity (Wildman–Crippen MR) is 94.6 cm³/mol. The van der Waals surface area contributed by atoms with E-state index in [1.165, 1.54) is 0 Å². The molecule has 0 aliphatic heterocycles. The fourth-order valence-corrected chi connectivity index (χ4v) is 2.76. The Morgan fingerprint density at radius 1 is 1.16 bits per heavy atom. The van der Waals surface area contributed by atoms with Gasteiger partial charge < -0.3 is 14.2 Å². The Balaban J connectivity index is 1.73. The minimum absolute atomic E-state index is 0.248. The molecule has 4 rings (SSSR count). The second-order valence-electron chi connectivity index (χ2n) is 5.87. The van der Waals surface area contributed by atoms with Gasteiger partial charge in [-0.15, -0.1) is 0 Å². The van der Waals surface area contributed by atoms with Crippen molar-refractivity contribution < 1.29 is 9.32 Å². The first-order chi connectivity index (χ1) is 12.1. The van der Waals surface area contributed by atoms with Crippen molar-refractivity contribution in [3.63, 3.8) is 0 Å². The molecule has 0 saturated carbocycles. The highest BCUT2D eigenvalue weighted by molar-refractivity contribution is 6.04. The number of hydrogen-bond donors (Lipinski definition) is 1. The van der Waals surface area contributed by atoms with Crippen molar-refractivity contribution in [3.05, 3.63) is 71.9 Å². The number of nitrogens with one attached hydrogen (secondary N) is 1. The van der Waals surface area contributed by atoms with E-state index in [9.17, 15) is 4.79 Å². The first kappa shape index (κ1) is 15.1. The maximum Gasteiger partial charge on any atom is 0.277 e. The molecule has 6 heteroatoms. The van der Waals surface area contributed by atoms with Crippen LogP contribution in [0.3, 0.4) is 0 Å². The van der Waals surface area contributed by atoms with Crippen molar-refractivity contribution in [1.29, 1.82) is 0 Å². The monoisotopic (exact) mass is 332 g/mol. The van der Waals surface area contributed by atoms with E-state index in [1.54, 1.807) is 13.0 Å². The number of carbonyl (C=O) groups excluding carboxylic acids is 1. The van der Waals surface area contributed by atoms with Crippen molar-refractivity contribution in [2.45, 2.75) is 13.8 Å². The van der Waals surface area contributed by atoms with Gasteiger partial charge in [0.05, 0.1) is 11.4 Å². The molecule has 1 N–H and O–H groups in total. The number of anilines is 1. The first-order valence-electron chi connectivity index (χ1n) is 7.90. The quantitative estimate of drug-likeness (QED) is 0.618. The Bertz CT molecular complexity index is 1080. The van der Waals surface area contributed by atoms with Crippen LogP contribution in [0, 0.1) is 13.8 Å². The Morgan fingerprint density at radius 2 is 2.00 bits per heavy atom. The van der Waals surface area contributed by atoms with Gasteiger partial charge in [-0.1, -0.05) is 29.4 Å². The van der Waals surface area contributed by atoms with Gasteiger partial charge >= 0.3 is 0 Å². The van der Waals surface area contributed by atoms with Crippen LogP contribution in [0.1, 0.15) is 21.8 Å². The van der Waals surface area contributed by atoms with E-state index in [2.05, 4.69) is 10.5 Å². The Hall–Kier alpha value is -3.41. The average Bonchev–Trinajstić information content (AvgIpc) is 3.22. The maximum atomic E-state index is 12.4. The maximum absolute atomic E-state index is 12.4. The Morgan fingerprint density at radius 3 is 2.76 bits per heavy atom. The molecule has 0 radical (unpaired) electrons. The van der Waals surface area contributed by atoms with Gasteiger partial charge in [0.25, 0.3) is 5.91 Å². The molecule has 3 aromatic heterocycles. The summed E-state index contributed by atoms with van der Waals surface area (Å²) in [6.45, 7) is 3.77. The zero-order valence-electron chi connectivity index (χ0n) is 13.9. The molecule has 6 nitrogen and oxygen atoms in total. The number of rotatable bonds is 3. The molecular formula is C19H16N4O2. The van der Waals surface area contributed by atoms with Crippen molar-refractivity contribution in [2.24, 2.45) is 0 Å². The number of para-hydroxylation sites is 1. The van der Waals surface area contributed by atoms with E-state index in [1.807, 2.05) is 60.1 Å². The van der Waals surface area contributed by atoms with Crippen molar-refractivity contribution >= 4 is 17.2 Å². The summed E-state index contributed by atoms with van der Waals surface area (Å²) in [4.78, 5) is 17.1. The van der Waals surface area contributed by atoms with Crippen LogP contribution in [-0.4, -0.2) is 20.4 Å². The Labute approximate surface area is 144 Å². The second kappa shape index (κ2) is 5.90. The molecule has 3 heterocycles. The molecular weight excluding hydrogens is 316 g/mol. The van der Waals surface area contributed by atoms with Gasteiger partial charge in [-0.05, 0) is 31.5 Å². The van der Waals surface area contributed by atoms with Crippen LogP contribution in [-0.2, 0) is 0 Å².